The Bertz CT molecular complexity index is 951. The van der Waals surface area contributed by atoms with E-state index in [1.165, 1.54) is 11.1 Å². The van der Waals surface area contributed by atoms with Crippen molar-refractivity contribution in [2.45, 2.75) is 44.3 Å². The Labute approximate surface area is 176 Å². The highest BCUT2D eigenvalue weighted by atomic mass is 32.2. The van der Waals surface area contributed by atoms with E-state index in [-0.39, 0.29) is 17.4 Å². The summed E-state index contributed by atoms with van der Waals surface area (Å²) >= 11 is 1.93. The number of nitrogens with zero attached hydrogens (tertiary/aromatic N) is 2. The van der Waals surface area contributed by atoms with Crippen LogP contribution >= 0.6 is 11.8 Å². The molecule has 2 amide bonds. The Morgan fingerprint density at radius 2 is 1.62 bits per heavy atom. The molecule has 150 valence electrons. The molecule has 0 unspecified atom stereocenters. The summed E-state index contributed by atoms with van der Waals surface area (Å²) in [7, 11) is 0. The van der Waals surface area contributed by atoms with Gasteiger partial charge in [-0.15, -0.1) is 0 Å². The second-order valence-electron chi connectivity index (χ2n) is 8.40. The van der Waals surface area contributed by atoms with Gasteiger partial charge in [-0.1, -0.05) is 42.5 Å². The highest BCUT2D eigenvalue weighted by Crippen LogP contribution is 2.41. The Morgan fingerprint density at radius 3 is 2.38 bits per heavy atom. The zero-order valence-corrected chi connectivity index (χ0v) is 17.4. The zero-order valence-electron chi connectivity index (χ0n) is 16.6. The first-order chi connectivity index (χ1) is 14.2. The molecule has 0 atom stereocenters. The molecule has 3 heterocycles. The van der Waals surface area contributed by atoms with Crippen molar-refractivity contribution in [1.82, 2.24) is 9.80 Å². The van der Waals surface area contributed by atoms with Gasteiger partial charge >= 0.3 is 0 Å². The van der Waals surface area contributed by atoms with Gasteiger partial charge in [-0.3, -0.25) is 9.59 Å². The summed E-state index contributed by atoms with van der Waals surface area (Å²) in [5.41, 5.74) is 4.16. The van der Waals surface area contributed by atoms with Gasteiger partial charge in [-0.05, 0) is 53.5 Å². The SMILES string of the molecule is O=C(CC1(N2Cc3ccccc3C2=O)CCSCC1)N1CCc2ccccc2C1. The van der Waals surface area contributed by atoms with Crippen molar-refractivity contribution < 1.29 is 9.59 Å². The number of benzene rings is 2. The topological polar surface area (TPSA) is 40.6 Å². The van der Waals surface area contributed by atoms with Crippen molar-refractivity contribution >= 4 is 23.6 Å². The van der Waals surface area contributed by atoms with Crippen LogP contribution in [0.3, 0.4) is 0 Å². The van der Waals surface area contributed by atoms with Crippen LogP contribution in [0.1, 0.15) is 46.3 Å². The van der Waals surface area contributed by atoms with E-state index < -0.39 is 0 Å². The molecule has 0 spiro atoms. The molecule has 0 bridgehead atoms. The Balaban J connectivity index is 1.38. The average Bonchev–Trinajstić information content (AvgIpc) is 3.11. The van der Waals surface area contributed by atoms with Crippen molar-refractivity contribution in [1.29, 1.82) is 0 Å². The predicted molar refractivity (Wildman–Crippen MR) is 116 cm³/mol. The largest absolute Gasteiger partial charge is 0.338 e. The van der Waals surface area contributed by atoms with Crippen LogP contribution < -0.4 is 0 Å². The summed E-state index contributed by atoms with van der Waals surface area (Å²) in [5, 5.41) is 0. The van der Waals surface area contributed by atoms with Gasteiger partial charge in [0.1, 0.15) is 0 Å². The highest BCUT2D eigenvalue weighted by molar-refractivity contribution is 7.99. The van der Waals surface area contributed by atoms with Gasteiger partial charge in [-0.25, -0.2) is 0 Å². The van der Waals surface area contributed by atoms with Gasteiger partial charge in [0.15, 0.2) is 0 Å². The monoisotopic (exact) mass is 406 g/mol. The molecule has 5 rings (SSSR count). The van der Waals surface area contributed by atoms with E-state index in [0.29, 0.717) is 19.5 Å². The molecule has 0 radical (unpaired) electrons. The summed E-state index contributed by atoms with van der Waals surface area (Å²) in [6, 6.07) is 16.3. The average molecular weight is 407 g/mol. The van der Waals surface area contributed by atoms with E-state index in [0.717, 1.165) is 48.4 Å². The van der Waals surface area contributed by atoms with Crippen LogP contribution in [0.5, 0.6) is 0 Å². The lowest BCUT2D eigenvalue weighted by molar-refractivity contribution is -0.135. The second-order valence-corrected chi connectivity index (χ2v) is 9.62. The maximum absolute atomic E-state index is 13.4. The second kappa shape index (κ2) is 7.52. The summed E-state index contributed by atoms with van der Waals surface area (Å²) in [4.78, 5) is 30.6. The van der Waals surface area contributed by atoms with Crippen LogP contribution in [-0.4, -0.2) is 45.2 Å². The number of carbonyl (C=O) groups excluding carboxylic acids is 2. The first kappa shape index (κ1) is 18.7. The molecule has 4 nitrogen and oxygen atoms in total. The van der Waals surface area contributed by atoms with Crippen LogP contribution in [0.25, 0.3) is 0 Å². The quantitative estimate of drug-likeness (QED) is 0.777. The van der Waals surface area contributed by atoms with E-state index in [4.69, 9.17) is 0 Å². The highest BCUT2D eigenvalue weighted by Gasteiger charge is 2.46. The van der Waals surface area contributed by atoms with Crippen molar-refractivity contribution in [3.63, 3.8) is 0 Å². The lowest BCUT2D eigenvalue weighted by Crippen LogP contribution is -2.54. The van der Waals surface area contributed by atoms with Crippen LogP contribution in [0.15, 0.2) is 48.5 Å². The summed E-state index contributed by atoms with van der Waals surface area (Å²) in [5.74, 6) is 2.31. The minimum Gasteiger partial charge on any atom is -0.338 e. The fourth-order valence-electron chi connectivity index (χ4n) is 5.03. The first-order valence-electron chi connectivity index (χ1n) is 10.5. The summed E-state index contributed by atoms with van der Waals surface area (Å²) in [6.07, 6.45) is 3.15. The number of thioether (sulfide) groups is 1. The molecule has 0 saturated carbocycles. The molecule has 5 heteroatoms. The van der Waals surface area contributed by atoms with Crippen LogP contribution in [0.2, 0.25) is 0 Å². The summed E-state index contributed by atoms with van der Waals surface area (Å²) < 4.78 is 0. The Kier molecular flexibility index (Phi) is 4.86. The molecule has 1 saturated heterocycles. The molecule has 0 N–H and O–H groups in total. The van der Waals surface area contributed by atoms with Crippen molar-refractivity contribution in [2.75, 3.05) is 18.1 Å². The fraction of sp³-hybridized carbons (Fsp3) is 0.417. The number of rotatable bonds is 3. The zero-order chi connectivity index (χ0) is 19.8. The van der Waals surface area contributed by atoms with E-state index in [2.05, 4.69) is 18.2 Å². The van der Waals surface area contributed by atoms with Crippen LogP contribution in [0, 0.1) is 0 Å². The van der Waals surface area contributed by atoms with Gasteiger partial charge in [0, 0.05) is 25.2 Å². The third-order valence-electron chi connectivity index (χ3n) is 6.78. The minimum absolute atomic E-state index is 0.101. The van der Waals surface area contributed by atoms with Gasteiger partial charge < -0.3 is 9.80 Å². The van der Waals surface area contributed by atoms with Gasteiger partial charge in [-0.2, -0.15) is 11.8 Å². The molecule has 0 aliphatic carbocycles. The maximum atomic E-state index is 13.4. The molecule has 3 aliphatic rings. The normalized spacial score (nSPS) is 20.3. The number of carbonyl (C=O) groups is 2. The number of hydrogen-bond acceptors (Lipinski definition) is 3. The third kappa shape index (κ3) is 3.35. The number of amides is 2. The predicted octanol–water partition coefficient (Wildman–Crippen LogP) is 3.88. The van der Waals surface area contributed by atoms with Crippen molar-refractivity contribution in [2.24, 2.45) is 0 Å². The summed E-state index contributed by atoms with van der Waals surface area (Å²) in [6.45, 7) is 2.10. The lowest BCUT2D eigenvalue weighted by Gasteiger charge is -2.45. The van der Waals surface area contributed by atoms with E-state index in [1.54, 1.807) is 0 Å². The number of fused-ring (bicyclic) bond motifs is 2. The smallest absolute Gasteiger partial charge is 0.254 e. The number of hydrogen-bond donors (Lipinski definition) is 0. The molecule has 2 aromatic carbocycles. The van der Waals surface area contributed by atoms with E-state index >= 15 is 0 Å². The maximum Gasteiger partial charge on any atom is 0.254 e. The van der Waals surface area contributed by atoms with Gasteiger partial charge in [0.2, 0.25) is 5.91 Å². The van der Waals surface area contributed by atoms with E-state index in [9.17, 15) is 9.59 Å². The standard InChI is InChI=1S/C24H26N2O2S/c27-22(25-12-9-18-5-1-2-6-19(18)16-25)15-24(10-13-29-14-11-24)26-17-20-7-3-4-8-21(20)23(26)28/h1-8H,9-17H2. The molecule has 2 aromatic rings. The van der Waals surface area contributed by atoms with Crippen LogP contribution in [-0.2, 0) is 24.3 Å². The van der Waals surface area contributed by atoms with Crippen molar-refractivity contribution in [3.8, 4) is 0 Å². The molecule has 3 aliphatic heterocycles. The molecular weight excluding hydrogens is 380 g/mol. The Hall–Kier alpha value is -2.27. The van der Waals surface area contributed by atoms with Crippen LogP contribution in [0.4, 0.5) is 0 Å². The molecule has 29 heavy (non-hydrogen) atoms. The van der Waals surface area contributed by atoms with Gasteiger partial charge in [0.25, 0.3) is 5.91 Å². The Morgan fingerprint density at radius 1 is 0.931 bits per heavy atom. The first-order valence-corrected chi connectivity index (χ1v) is 11.6. The van der Waals surface area contributed by atoms with Crippen molar-refractivity contribution in [3.05, 3.63) is 70.8 Å². The fourth-order valence-corrected chi connectivity index (χ4v) is 6.29. The molecule has 1 fully saturated rings. The molecule has 0 aromatic heterocycles. The minimum atomic E-state index is -0.352. The third-order valence-corrected chi connectivity index (χ3v) is 7.77. The van der Waals surface area contributed by atoms with E-state index in [1.807, 2.05) is 51.9 Å². The van der Waals surface area contributed by atoms with Gasteiger partial charge in [0.05, 0.1) is 12.0 Å². The molecular formula is C24H26N2O2S. The lowest BCUT2D eigenvalue weighted by atomic mass is 9.85.